The minimum atomic E-state index is -0.771. The third kappa shape index (κ3) is 4.18. The molecule has 1 unspecified atom stereocenters. The fourth-order valence-electron chi connectivity index (χ4n) is 2.17. The molecule has 0 bridgehead atoms. The molecule has 0 saturated heterocycles. The van der Waals surface area contributed by atoms with E-state index in [1.165, 1.54) is 12.1 Å². The SMILES string of the molecule is CCCC(CC)C(=O)N[C@H](CO)c1cccc(Cl)c1F. The van der Waals surface area contributed by atoms with E-state index in [2.05, 4.69) is 5.32 Å². The molecule has 0 aliphatic heterocycles. The Morgan fingerprint density at radius 1 is 1.45 bits per heavy atom. The summed E-state index contributed by atoms with van der Waals surface area (Å²) in [6.45, 7) is 3.58. The van der Waals surface area contributed by atoms with Crippen LogP contribution in [-0.4, -0.2) is 17.6 Å². The molecule has 1 rings (SSSR count). The summed E-state index contributed by atoms with van der Waals surface area (Å²) >= 11 is 5.72. The van der Waals surface area contributed by atoms with Crippen molar-refractivity contribution in [3.8, 4) is 0 Å². The van der Waals surface area contributed by atoms with E-state index in [-0.39, 0.29) is 29.0 Å². The number of aliphatic hydroxyl groups excluding tert-OH is 1. The van der Waals surface area contributed by atoms with Crippen LogP contribution >= 0.6 is 11.6 Å². The monoisotopic (exact) mass is 301 g/mol. The Kier molecular flexibility index (Phi) is 6.96. The second-order valence-corrected chi connectivity index (χ2v) is 5.19. The molecule has 112 valence electrons. The average molecular weight is 302 g/mol. The third-order valence-electron chi connectivity index (χ3n) is 3.36. The van der Waals surface area contributed by atoms with Gasteiger partial charge >= 0.3 is 0 Å². The van der Waals surface area contributed by atoms with E-state index in [0.717, 1.165) is 19.3 Å². The number of nitrogens with one attached hydrogen (secondary N) is 1. The van der Waals surface area contributed by atoms with Gasteiger partial charge in [0.25, 0.3) is 0 Å². The van der Waals surface area contributed by atoms with Crippen molar-refractivity contribution in [2.75, 3.05) is 6.61 Å². The van der Waals surface area contributed by atoms with Crippen LogP contribution in [0.25, 0.3) is 0 Å². The lowest BCUT2D eigenvalue weighted by Crippen LogP contribution is -2.36. The van der Waals surface area contributed by atoms with Crippen molar-refractivity contribution in [1.82, 2.24) is 5.32 Å². The molecular weight excluding hydrogens is 281 g/mol. The molecule has 0 heterocycles. The third-order valence-corrected chi connectivity index (χ3v) is 3.65. The first-order chi connectivity index (χ1) is 9.54. The number of benzene rings is 1. The van der Waals surface area contributed by atoms with E-state index in [0.29, 0.717) is 0 Å². The normalized spacial score (nSPS) is 13.8. The van der Waals surface area contributed by atoms with Crippen molar-refractivity contribution >= 4 is 17.5 Å². The van der Waals surface area contributed by atoms with Gasteiger partial charge in [-0.15, -0.1) is 0 Å². The fourth-order valence-corrected chi connectivity index (χ4v) is 2.35. The van der Waals surface area contributed by atoms with Crippen molar-refractivity contribution in [1.29, 1.82) is 0 Å². The molecule has 0 fully saturated rings. The molecule has 1 aromatic rings. The van der Waals surface area contributed by atoms with Crippen molar-refractivity contribution in [3.63, 3.8) is 0 Å². The van der Waals surface area contributed by atoms with Crippen LogP contribution in [0.5, 0.6) is 0 Å². The van der Waals surface area contributed by atoms with Gasteiger partial charge in [0.15, 0.2) is 0 Å². The molecule has 5 heteroatoms. The van der Waals surface area contributed by atoms with Gasteiger partial charge in [-0.2, -0.15) is 0 Å². The first-order valence-corrected chi connectivity index (χ1v) is 7.28. The number of halogens is 2. The van der Waals surface area contributed by atoms with Crippen molar-refractivity contribution in [2.45, 2.75) is 39.2 Å². The van der Waals surface area contributed by atoms with Gasteiger partial charge in [-0.05, 0) is 18.9 Å². The zero-order chi connectivity index (χ0) is 15.1. The predicted octanol–water partition coefficient (Wildman–Crippen LogP) is 3.46. The first-order valence-electron chi connectivity index (χ1n) is 6.90. The van der Waals surface area contributed by atoms with E-state index in [4.69, 9.17) is 11.6 Å². The molecule has 2 atom stereocenters. The molecular formula is C15H21ClFNO2. The number of carbonyl (C=O) groups is 1. The first kappa shape index (κ1) is 16.9. The minimum absolute atomic E-state index is 0.0178. The highest BCUT2D eigenvalue weighted by Crippen LogP contribution is 2.24. The second kappa shape index (κ2) is 8.22. The zero-order valence-electron chi connectivity index (χ0n) is 11.8. The van der Waals surface area contributed by atoms with Gasteiger partial charge in [0, 0.05) is 11.5 Å². The Morgan fingerprint density at radius 3 is 2.70 bits per heavy atom. The maximum atomic E-state index is 13.9. The number of amides is 1. The second-order valence-electron chi connectivity index (χ2n) is 4.78. The van der Waals surface area contributed by atoms with Crippen LogP contribution < -0.4 is 5.32 Å². The maximum Gasteiger partial charge on any atom is 0.223 e. The molecule has 0 aromatic heterocycles. The molecule has 0 spiro atoms. The lowest BCUT2D eigenvalue weighted by atomic mass is 9.98. The van der Waals surface area contributed by atoms with Gasteiger partial charge in [0.2, 0.25) is 5.91 Å². The summed E-state index contributed by atoms with van der Waals surface area (Å²) in [6, 6.07) is 3.78. The molecule has 1 aromatic carbocycles. The summed E-state index contributed by atoms with van der Waals surface area (Å²) in [5.74, 6) is -0.874. The summed E-state index contributed by atoms with van der Waals surface area (Å²) in [4.78, 5) is 12.1. The Morgan fingerprint density at radius 2 is 2.15 bits per heavy atom. The molecule has 1 amide bonds. The smallest absolute Gasteiger partial charge is 0.223 e. The molecule has 20 heavy (non-hydrogen) atoms. The lowest BCUT2D eigenvalue weighted by Gasteiger charge is -2.21. The average Bonchev–Trinajstić information content (AvgIpc) is 2.45. The lowest BCUT2D eigenvalue weighted by molar-refractivity contribution is -0.126. The molecule has 2 N–H and O–H groups in total. The number of carbonyl (C=O) groups excluding carboxylic acids is 1. The Hall–Kier alpha value is -1.13. The Balaban J connectivity index is 2.86. The van der Waals surface area contributed by atoms with Gasteiger partial charge in [-0.3, -0.25) is 4.79 Å². The van der Waals surface area contributed by atoms with Crippen molar-refractivity contribution in [3.05, 3.63) is 34.6 Å². The van der Waals surface area contributed by atoms with Gasteiger partial charge < -0.3 is 10.4 Å². The highest BCUT2D eigenvalue weighted by molar-refractivity contribution is 6.30. The van der Waals surface area contributed by atoms with Gasteiger partial charge in [-0.1, -0.05) is 44.0 Å². The fraction of sp³-hybridized carbons (Fsp3) is 0.533. The van der Waals surface area contributed by atoms with Gasteiger partial charge in [0.05, 0.1) is 17.7 Å². The number of hydrogen-bond acceptors (Lipinski definition) is 2. The number of aliphatic hydroxyl groups is 1. The predicted molar refractivity (Wildman–Crippen MR) is 78.1 cm³/mol. The van der Waals surface area contributed by atoms with Crippen LogP contribution in [0.1, 0.15) is 44.7 Å². The summed E-state index contributed by atoms with van der Waals surface area (Å²) < 4.78 is 13.9. The largest absolute Gasteiger partial charge is 0.394 e. The van der Waals surface area contributed by atoms with Crippen LogP contribution in [0, 0.1) is 11.7 Å². The van der Waals surface area contributed by atoms with E-state index in [1.807, 2.05) is 13.8 Å². The molecule has 0 aliphatic rings. The Bertz CT molecular complexity index is 453. The standard InChI is InChI=1S/C15H21ClFNO2/c1-3-6-10(4-2)15(20)18-13(9-19)11-7-5-8-12(16)14(11)17/h5,7-8,10,13,19H,3-4,6,9H2,1-2H3,(H,18,20)/t10?,13-/m1/s1. The summed E-state index contributed by atoms with van der Waals surface area (Å²) in [5.41, 5.74) is 0.208. The summed E-state index contributed by atoms with van der Waals surface area (Å²) in [6.07, 6.45) is 2.40. The van der Waals surface area contributed by atoms with E-state index >= 15 is 0 Å². The van der Waals surface area contributed by atoms with E-state index in [1.54, 1.807) is 6.07 Å². The maximum absolute atomic E-state index is 13.9. The van der Waals surface area contributed by atoms with Crippen molar-refractivity contribution < 1.29 is 14.3 Å². The molecule has 0 aliphatic carbocycles. The van der Waals surface area contributed by atoms with Crippen LogP contribution in [0.4, 0.5) is 4.39 Å². The highest BCUT2D eigenvalue weighted by Gasteiger charge is 2.22. The number of hydrogen-bond donors (Lipinski definition) is 2. The van der Waals surface area contributed by atoms with Crippen LogP contribution in [0.15, 0.2) is 18.2 Å². The number of rotatable bonds is 7. The van der Waals surface area contributed by atoms with Crippen LogP contribution in [-0.2, 0) is 4.79 Å². The summed E-state index contributed by atoms with van der Waals surface area (Å²) in [5, 5.41) is 12.1. The molecule has 3 nitrogen and oxygen atoms in total. The van der Waals surface area contributed by atoms with E-state index in [9.17, 15) is 14.3 Å². The highest BCUT2D eigenvalue weighted by atomic mass is 35.5. The van der Waals surface area contributed by atoms with E-state index < -0.39 is 11.9 Å². The molecule has 0 radical (unpaired) electrons. The van der Waals surface area contributed by atoms with Gasteiger partial charge in [-0.25, -0.2) is 4.39 Å². The molecule has 0 saturated carbocycles. The van der Waals surface area contributed by atoms with Crippen LogP contribution in [0.2, 0.25) is 5.02 Å². The minimum Gasteiger partial charge on any atom is -0.394 e. The topological polar surface area (TPSA) is 49.3 Å². The van der Waals surface area contributed by atoms with Crippen LogP contribution in [0.3, 0.4) is 0 Å². The van der Waals surface area contributed by atoms with Gasteiger partial charge in [0.1, 0.15) is 5.82 Å². The summed E-state index contributed by atoms with van der Waals surface area (Å²) in [7, 11) is 0. The van der Waals surface area contributed by atoms with Crippen molar-refractivity contribution in [2.24, 2.45) is 5.92 Å². The quantitative estimate of drug-likeness (QED) is 0.810. The zero-order valence-corrected chi connectivity index (χ0v) is 12.6. The Labute approximate surface area is 124 Å².